The van der Waals surface area contributed by atoms with Crippen molar-refractivity contribution in [2.75, 3.05) is 32.7 Å². The summed E-state index contributed by atoms with van der Waals surface area (Å²) in [6.07, 6.45) is 6.40. The second-order valence-corrected chi connectivity index (χ2v) is 6.71. The molecule has 1 aliphatic rings. The molecular formula is C21H23N5O. The van der Waals surface area contributed by atoms with Gasteiger partial charge in [-0.1, -0.05) is 12.1 Å². The van der Waals surface area contributed by atoms with E-state index >= 15 is 0 Å². The summed E-state index contributed by atoms with van der Waals surface area (Å²) >= 11 is 0. The lowest BCUT2D eigenvalue weighted by atomic mass is 10.1. The Morgan fingerprint density at radius 3 is 2.59 bits per heavy atom. The van der Waals surface area contributed by atoms with E-state index in [9.17, 15) is 4.79 Å². The van der Waals surface area contributed by atoms with Crippen LogP contribution in [0.5, 0.6) is 0 Å². The molecule has 3 aromatic rings. The monoisotopic (exact) mass is 361 g/mol. The normalized spacial score (nSPS) is 15.0. The first-order valence-corrected chi connectivity index (χ1v) is 9.31. The Labute approximate surface area is 159 Å². The fraction of sp³-hybridized carbons (Fsp3) is 0.286. The van der Waals surface area contributed by atoms with Crippen LogP contribution < -0.4 is 0 Å². The van der Waals surface area contributed by atoms with Crippen molar-refractivity contribution in [3.05, 3.63) is 78.4 Å². The van der Waals surface area contributed by atoms with Crippen LogP contribution in [0.3, 0.4) is 0 Å². The fourth-order valence-electron chi connectivity index (χ4n) is 3.38. The minimum atomic E-state index is 0.0911. The van der Waals surface area contributed by atoms with E-state index in [1.54, 1.807) is 10.9 Å². The van der Waals surface area contributed by atoms with Gasteiger partial charge in [-0.25, -0.2) is 4.68 Å². The highest BCUT2D eigenvalue weighted by molar-refractivity contribution is 5.94. The first-order valence-electron chi connectivity index (χ1n) is 9.31. The smallest absolute Gasteiger partial charge is 0.254 e. The second kappa shape index (κ2) is 8.14. The largest absolute Gasteiger partial charge is 0.336 e. The van der Waals surface area contributed by atoms with Crippen molar-refractivity contribution in [3.63, 3.8) is 0 Å². The first-order chi connectivity index (χ1) is 13.3. The molecule has 0 saturated carbocycles. The standard InChI is InChI=1S/C21H23N5O/c27-21(18-5-3-7-20(17-18)26-11-4-10-23-26)25-15-13-24(14-16-25)12-8-19-6-1-2-9-22-19/h1-7,9-11,17H,8,12-16H2. The van der Waals surface area contributed by atoms with Crippen molar-refractivity contribution in [1.82, 2.24) is 24.6 Å². The number of nitrogens with zero attached hydrogens (tertiary/aromatic N) is 5. The maximum atomic E-state index is 12.9. The summed E-state index contributed by atoms with van der Waals surface area (Å²) < 4.78 is 1.77. The van der Waals surface area contributed by atoms with Gasteiger partial charge in [0.15, 0.2) is 0 Å². The minimum absolute atomic E-state index is 0.0911. The third-order valence-corrected chi connectivity index (χ3v) is 4.93. The van der Waals surface area contributed by atoms with Crippen LogP contribution >= 0.6 is 0 Å². The Kier molecular flexibility index (Phi) is 5.25. The van der Waals surface area contributed by atoms with E-state index in [0.29, 0.717) is 5.56 Å². The van der Waals surface area contributed by atoms with Gasteiger partial charge >= 0.3 is 0 Å². The van der Waals surface area contributed by atoms with Gasteiger partial charge in [0.2, 0.25) is 0 Å². The summed E-state index contributed by atoms with van der Waals surface area (Å²) in [5.41, 5.74) is 2.73. The van der Waals surface area contributed by atoms with Gasteiger partial charge in [-0.2, -0.15) is 5.10 Å². The SMILES string of the molecule is O=C(c1cccc(-n2cccn2)c1)N1CCN(CCc2ccccn2)CC1. The third-order valence-electron chi connectivity index (χ3n) is 4.93. The number of carbonyl (C=O) groups excluding carboxylic acids is 1. The van der Waals surface area contributed by atoms with Crippen LogP contribution in [0.2, 0.25) is 0 Å². The number of benzene rings is 1. The molecule has 0 spiro atoms. The fourth-order valence-corrected chi connectivity index (χ4v) is 3.38. The van der Waals surface area contributed by atoms with Gasteiger partial charge < -0.3 is 4.90 Å². The quantitative estimate of drug-likeness (QED) is 0.700. The molecule has 1 saturated heterocycles. The van der Waals surface area contributed by atoms with Gasteiger partial charge in [0.1, 0.15) is 0 Å². The molecule has 6 nitrogen and oxygen atoms in total. The minimum Gasteiger partial charge on any atom is -0.336 e. The highest BCUT2D eigenvalue weighted by Gasteiger charge is 2.22. The number of hydrogen-bond acceptors (Lipinski definition) is 4. The van der Waals surface area contributed by atoms with Crippen molar-refractivity contribution < 1.29 is 4.79 Å². The van der Waals surface area contributed by atoms with E-state index in [0.717, 1.165) is 50.5 Å². The molecule has 6 heteroatoms. The van der Waals surface area contributed by atoms with E-state index in [2.05, 4.69) is 21.0 Å². The molecule has 0 radical (unpaired) electrons. The first kappa shape index (κ1) is 17.4. The topological polar surface area (TPSA) is 54.3 Å². The summed E-state index contributed by atoms with van der Waals surface area (Å²) in [6.45, 7) is 4.29. The number of piperazine rings is 1. The van der Waals surface area contributed by atoms with Crippen LogP contribution in [0, 0.1) is 0 Å². The highest BCUT2D eigenvalue weighted by Crippen LogP contribution is 2.14. The van der Waals surface area contributed by atoms with E-state index in [1.165, 1.54) is 0 Å². The van der Waals surface area contributed by atoms with Gasteiger partial charge in [-0.3, -0.25) is 14.7 Å². The lowest BCUT2D eigenvalue weighted by molar-refractivity contribution is 0.0638. The van der Waals surface area contributed by atoms with Gasteiger partial charge in [0, 0.05) is 69.0 Å². The van der Waals surface area contributed by atoms with E-state index in [4.69, 9.17) is 0 Å². The maximum Gasteiger partial charge on any atom is 0.254 e. The van der Waals surface area contributed by atoms with Crippen molar-refractivity contribution in [1.29, 1.82) is 0 Å². The molecule has 2 aromatic heterocycles. The molecule has 0 aliphatic carbocycles. The van der Waals surface area contributed by atoms with Crippen LogP contribution in [0.4, 0.5) is 0 Å². The number of amides is 1. The Balaban J connectivity index is 1.33. The Hall–Kier alpha value is -2.99. The second-order valence-electron chi connectivity index (χ2n) is 6.71. The van der Waals surface area contributed by atoms with Crippen LogP contribution in [-0.2, 0) is 6.42 Å². The summed E-state index contributed by atoms with van der Waals surface area (Å²) in [6, 6.07) is 15.6. The van der Waals surface area contributed by atoms with E-state index < -0.39 is 0 Å². The van der Waals surface area contributed by atoms with Gasteiger partial charge in [-0.05, 0) is 36.4 Å². The Morgan fingerprint density at radius 2 is 1.85 bits per heavy atom. The molecule has 1 aromatic carbocycles. The Morgan fingerprint density at radius 1 is 0.963 bits per heavy atom. The van der Waals surface area contributed by atoms with Gasteiger partial charge in [0.05, 0.1) is 5.69 Å². The lowest BCUT2D eigenvalue weighted by Crippen LogP contribution is -2.49. The third kappa shape index (κ3) is 4.23. The molecule has 0 unspecified atom stereocenters. The molecule has 4 rings (SSSR count). The maximum absolute atomic E-state index is 12.9. The lowest BCUT2D eigenvalue weighted by Gasteiger charge is -2.34. The summed E-state index contributed by atoms with van der Waals surface area (Å²) in [4.78, 5) is 21.6. The van der Waals surface area contributed by atoms with Gasteiger partial charge in [-0.15, -0.1) is 0 Å². The summed E-state index contributed by atoms with van der Waals surface area (Å²) in [7, 11) is 0. The Bertz CT molecular complexity index is 871. The zero-order valence-electron chi connectivity index (χ0n) is 15.2. The molecule has 1 aliphatic heterocycles. The molecule has 1 amide bonds. The molecule has 0 N–H and O–H groups in total. The molecular weight excluding hydrogens is 338 g/mol. The summed E-state index contributed by atoms with van der Waals surface area (Å²) in [5.74, 6) is 0.0911. The average Bonchev–Trinajstić information content (AvgIpc) is 3.28. The molecule has 1 fully saturated rings. The van der Waals surface area contributed by atoms with Crippen molar-refractivity contribution in [2.45, 2.75) is 6.42 Å². The zero-order valence-corrected chi connectivity index (χ0v) is 15.2. The van der Waals surface area contributed by atoms with Crippen LogP contribution in [0.15, 0.2) is 67.1 Å². The van der Waals surface area contributed by atoms with Crippen molar-refractivity contribution in [3.8, 4) is 5.69 Å². The molecule has 3 heterocycles. The molecule has 138 valence electrons. The van der Waals surface area contributed by atoms with Crippen molar-refractivity contribution in [2.24, 2.45) is 0 Å². The number of rotatable bonds is 5. The van der Waals surface area contributed by atoms with Crippen molar-refractivity contribution >= 4 is 5.91 Å². The van der Waals surface area contributed by atoms with E-state index in [-0.39, 0.29) is 5.91 Å². The number of aromatic nitrogens is 3. The van der Waals surface area contributed by atoms with Crippen LogP contribution in [0.1, 0.15) is 16.1 Å². The van der Waals surface area contributed by atoms with Gasteiger partial charge in [0.25, 0.3) is 5.91 Å². The average molecular weight is 361 g/mol. The summed E-state index contributed by atoms with van der Waals surface area (Å²) in [5, 5.41) is 4.23. The highest BCUT2D eigenvalue weighted by atomic mass is 16.2. The number of carbonyl (C=O) groups is 1. The molecule has 0 atom stereocenters. The van der Waals surface area contributed by atoms with E-state index in [1.807, 2.05) is 59.8 Å². The number of pyridine rings is 1. The predicted octanol–water partition coefficient (Wildman–Crippen LogP) is 2.27. The molecule has 27 heavy (non-hydrogen) atoms. The molecule has 0 bridgehead atoms. The predicted molar refractivity (Wildman–Crippen MR) is 104 cm³/mol. The van der Waals surface area contributed by atoms with Crippen LogP contribution in [0.25, 0.3) is 5.69 Å². The zero-order chi connectivity index (χ0) is 18.5. The number of hydrogen-bond donors (Lipinski definition) is 0. The van der Waals surface area contributed by atoms with Crippen LogP contribution in [-0.4, -0.2) is 63.2 Å².